The van der Waals surface area contributed by atoms with Crippen molar-refractivity contribution in [3.05, 3.63) is 0 Å². The summed E-state index contributed by atoms with van der Waals surface area (Å²) in [6.45, 7) is 3.73. The second kappa shape index (κ2) is 4.06. The van der Waals surface area contributed by atoms with Crippen LogP contribution in [0.4, 0.5) is 0 Å². The van der Waals surface area contributed by atoms with Gasteiger partial charge in [-0.2, -0.15) is 0 Å². The van der Waals surface area contributed by atoms with E-state index in [1.54, 1.807) is 0 Å². The minimum absolute atomic E-state index is 0.506. The Labute approximate surface area is 94.2 Å². The quantitative estimate of drug-likeness (QED) is 0.606. The van der Waals surface area contributed by atoms with Gasteiger partial charge in [-0.1, -0.05) is 13.3 Å². The van der Waals surface area contributed by atoms with Crippen LogP contribution < -0.4 is 0 Å². The molecule has 1 heterocycles. The van der Waals surface area contributed by atoms with Gasteiger partial charge in [-0.3, -0.25) is 0 Å². The third kappa shape index (κ3) is 2.07. The van der Waals surface area contributed by atoms with E-state index in [1.807, 2.05) is 7.11 Å². The van der Waals surface area contributed by atoms with Crippen LogP contribution in [-0.2, 0) is 4.74 Å². The number of likely N-dealkylation sites (tertiary alicyclic amines) is 1. The van der Waals surface area contributed by atoms with Crippen molar-refractivity contribution in [2.75, 3.05) is 27.7 Å². The molecule has 0 aromatic rings. The summed E-state index contributed by atoms with van der Waals surface area (Å²) < 4.78 is 6.89. The molecule has 2 aliphatic rings. The number of hydrogen-bond acceptors (Lipinski definition) is 1. The van der Waals surface area contributed by atoms with Gasteiger partial charge in [0.15, 0.2) is 0 Å². The van der Waals surface area contributed by atoms with Gasteiger partial charge in [0.05, 0.1) is 20.6 Å². The summed E-state index contributed by atoms with van der Waals surface area (Å²) in [4.78, 5) is 0. The van der Waals surface area contributed by atoms with Crippen molar-refractivity contribution < 1.29 is 9.22 Å². The lowest BCUT2D eigenvalue weighted by molar-refractivity contribution is -0.932. The van der Waals surface area contributed by atoms with E-state index in [-0.39, 0.29) is 0 Å². The number of hydrogen-bond donors (Lipinski definition) is 0. The van der Waals surface area contributed by atoms with E-state index in [4.69, 9.17) is 4.74 Å². The summed E-state index contributed by atoms with van der Waals surface area (Å²) in [6.07, 6.45) is 5.99. The fraction of sp³-hybridized carbons (Fsp3) is 1.00. The van der Waals surface area contributed by atoms with Gasteiger partial charge >= 0.3 is 0 Å². The standard InChI is InChI=1S/C13H26NO/c1-10-8-11-6-5-7-12(15-4)13(11)14(2,3)9-10/h10-13H,5-9H2,1-4H3/q+1. The lowest BCUT2D eigenvalue weighted by atomic mass is 9.73. The Balaban J connectivity index is 2.19. The monoisotopic (exact) mass is 212 g/mol. The van der Waals surface area contributed by atoms with Crippen molar-refractivity contribution in [1.29, 1.82) is 0 Å². The third-order valence-electron chi connectivity index (χ3n) is 4.52. The van der Waals surface area contributed by atoms with Gasteiger partial charge in [-0.15, -0.1) is 0 Å². The molecular formula is C13H26NO+. The van der Waals surface area contributed by atoms with Gasteiger partial charge in [0.2, 0.25) is 0 Å². The van der Waals surface area contributed by atoms with Crippen LogP contribution in [0.15, 0.2) is 0 Å². The van der Waals surface area contributed by atoms with Crippen LogP contribution in [0.2, 0.25) is 0 Å². The lowest BCUT2D eigenvalue weighted by Crippen LogP contribution is -2.64. The Bertz CT molecular complexity index is 227. The normalized spacial score (nSPS) is 44.8. The maximum absolute atomic E-state index is 5.72. The molecule has 2 rings (SSSR count). The predicted molar refractivity (Wildman–Crippen MR) is 62.7 cm³/mol. The van der Waals surface area contributed by atoms with Crippen LogP contribution in [0.1, 0.15) is 32.6 Å². The van der Waals surface area contributed by atoms with Crippen molar-refractivity contribution in [1.82, 2.24) is 0 Å². The first-order valence-electron chi connectivity index (χ1n) is 6.40. The molecule has 4 atom stereocenters. The fourth-order valence-corrected chi connectivity index (χ4v) is 4.28. The minimum Gasteiger partial charge on any atom is -0.375 e. The number of nitrogens with zero attached hydrogens (tertiary/aromatic N) is 1. The molecule has 2 nitrogen and oxygen atoms in total. The van der Waals surface area contributed by atoms with Gasteiger partial charge in [-0.25, -0.2) is 0 Å². The van der Waals surface area contributed by atoms with Gasteiger partial charge in [0.25, 0.3) is 0 Å². The maximum Gasteiger partial charge on any atom is 0.118 e. The van der Waals surface area contributed by atoms with Crippen LogP contribution in [0.25, 0.3) is 0 Å². The zero-order valence-electron chi connectivity index (χ0n) is 10.7. The van der Waals surface area contributed by atoms with E-state index in [0.717, 1.165) is 17.9 Å². The van der Waals surface area contributed by atoms with Gasteiger partial charge in [0.1, 0.15) is 12.1 Å². The molecule has 4 unspecified atom stereocenters. The molecule has 1 saturated heterocycles. The molecule has 0 aromatic carbocycles. The van der Waals surface area contributed by atoms with Crippen molar-refractivity contribution in [2.45, 2.75) is 44.8 Å². The van der Waals surface area contributed by atoms with E-state index >= 15 is 0 Å². The average Bonchev–Trinajstić information content (AvgIpc) is 2.14. The molecule has 1 aliphatic heterocycles. The van der Waals surface area contributed by atoms with Crippen LogP contribution in [0.3, 0.4) is 0 Å². The highest BCUT2D eigenvalue weighted by Gasteiger charge is 2.48. The number of quaternary nitrogens is 1. The number of methoxy groups -OCH3 is 1. The molecule has 0 radical (unpaired) electrons. The summed E-state index contributed by atoms with van der Waals surface area (Å²) >= 11 is 0. The molecule has 0 amide bonds. The molecular weight excluding hydrogens is 186 g/mol. The Kier molecular flexibility index (Phi) is 3.09. The topological polar surface area (TPSA) is 9.23 Å². The van der Waals surface area contributed by atoms with Gasteiger partial charge in [0, 0.05) is 18.9 Å². The first-order chi connectivity index (χ1) is 7.04. The Hall–Kier alpha value is -0.0800. The van der Waals surface area contributed by atoms with Crippen LogP contribution in [0, 0.1) is 11.8 Å². The Morgan fingerprint density at radius 3 is 2.60 bits per heavy atom. The molecule has 15 heavy (non-hydrogen) atoms. The van der Waals surface area contributed by atoms with Crippen molar-refractivity contribution in [3.63, 3.8) is 0 Å². The molecule has 0 bridgehead atoms. The second-order valence-corrected chi connectivity index (χ2v) is 6.26. The SMILES string of the molecule is COC1CCCC2CC(C)C[N+](C)(C)C21. The molecule has 2 heteroatoms. The minimum atomic E-state index is 0.506. The van der Waals surface area contributed by atoms with Crippen LogP contribution in [0.5, 0.6) is 0 Å². The molecule has 0 aromatic heterocycles. The highest BCUT2D eigenvalue weighted by Crippen LogP contribution is 2.40. The highest BCUT2D eigenvalue weighted by atomic mass is 16.5. The maximum atomic E-state index is 5.72. The molecule has 2 fully saturated rings. The zero-order valence-corrected chi connectivity index (χ0v) is 10.7. The van der Waals surface area contributed by atoms with Crippen molar-refractivity contribution in [3.8, 4) is 0 Å². The van der Waals surface area contributed by atoms with Crippen molar-refractivity contribution in [2.24, 2.45) is 11.8 Å². The number of rotatable bonds is 1. The summed E-state index contributed by atoms with van der Waals surface area (Å²) in [6, 6.07) is 0.750. The largest absolute Gasteiger partial charge is 0.375 e. The van der Waals surface area contributed by atoms with Crippen LogP contribution >= 0.6 is 0 Å². The van der Waals surface area contributed by atoms with Crippen molar-refractivity contribution >= 4 is 0 Å². The predicted octanol–water partition coefficient (Wildman–Crippen LogP) is 2.29. The number of likely N-dealkylation sites (N-methyl/N-ethyl adjacent to an activating group) is 1. The molecule has 1 aliphatic carbocycles. The van der Waals surface area contributed by atoms with E-state index in [1.165, 1.54) is 36.7 Å². The van der Waals surface area contributed by atoms with E-state index in [0.29, 0.717) is 6.10 Å². The smallest absolute Gasteiger partial charge is 0.118 e. The Morgan fingerprint density at radius 2 is 1.93 bits per heavy atom. The summed E-state index contributed by atoms with van der Waals surface area (Å²) in [7, 11) is 6.68. The summed E-state index contributed by atoms with van der Waals surface area (Å²) in [5.74, 6) is 1.79. The zero-order chi connectivity index (χ0) is 11.1. The lowest BCUT2D eigenvalue weighted by Gasteiger charge is -2.52. The summed E-state index contributed by atoms with van der Waals surface area (Å²) in [5.41, 5.74) is 0. The summed E-state index contributed by atoms with van der Waals surface area (Å²) in [5, 5.41) is 0. The van der Waals surface area contributed by atoms with Gasteiger partial charge in [-0.05, 0) is 19.3 Å². The number of piperidine rings is 1. The molecule has 1 saturated carbocycles. The average molecular weight is 212 g/mol. The van der Waals surface area contributed by atoms with Gasteiger partial charge < -0.3 is 9.22 Å². The number of ether oxygens (including phenoxy) is 1. The molecule has 0 N–H and O–H groups in total. The van der Waals surface area contributed by atoms with E-state index in [9.17, 15) is 0 Å². The number of fused-ring (bicyclic) bond motifs is 1. The van der Waals surface area contributed by atoms with Crippen LogP contribution in [-0.4, -0.2) is 44.4 Å². The first-order valence-corrected chi connectivity index (χ1v) is 6.40. The molecule has 0 spiro atoms. The molecule has 88 valence electrons. The highest BCUT2D eigenvalue weighted by molar-refractivity contribution is 4.88. The third-order valence-corrected chi connectivity index (χ3v) is 4.52. The Morgan fingerprint density at radius 1 is 1.20 bits per heavy atom. The van der Waals surface area contributed by atoms with E-state index < -0.39 is 0 Å². The van der Waals surface area contributed by atoms with E-state index in [2.05, 4.69) is 21.0 Å². The fourth-order valence-electron chi connectivity index (χ4n) is 4.28. The first kappa shape index (κ1) is 11.4. The second-order valence-electron chi connectivity index (χ2n) is 6.26.